The molecule has 55 heavy (non-hydrogen) atoms. The lowest BCUT2D eigenvalue weighted by molar-refractivity contribution is 1.07. The van der Waals surface area contributed by atoms with E-state index in [1.165, 1.54) is 44.2 Å². The minimum absolute atomic E-state index is 0.633. The first-order valence-corrected chi connectivity index (χ1v) is 18.5. The Morgan fingerprint density at radius 1 is 0.291 bits per heavy atom. The quantitative estimate of drug-likeness (QED) is 0.166. The fourth-order valence-electron chi connectivity index (χ4n) is 7.59. The zero-order valence-electron chi connectivity index (χ0n) is 29.9. The van der Waals surface area contributed by atoms with Gasteiger partial charge in [-0.2, -0.15) is 0 Å². The van der Waals surface area contributed by atoms with Gasteiger partial charge in [-0.15, -0.1) is 0 Å². The van der Waals surface area contributed by atoms with Crippen LogP contribution in [-0.2, 0) is 0 Å². The van der Waals surface area contributed by atoms with Crippen molar-refractivity contribution in [2.75, 3.05) is 0 Å². The smallest absolute Gasteiger partial charge is 0.164 e. The molecule has 0 saturated heterocycles. The van der Waals surface area contributed by atoms with Crippen LogP contribution in [0.25, 0.3) is 95.0 Å². The molecule has 0 atom stereocenters. The van der Waals surface area contributed by atoms with E-state index in [1.807, 2.05) is 60.7 Å². The lowest BCUT2D eigenvalue weighted by Gasteiger charge is -2.13. The molecule has 0 radical (unpaired) electrons. The van der Waals surface area contributed by atoms with Crippen molar-refractivity contribution >= 4 is 21.8 Å². The SMILES string of the molecule is c1ccc(-c2cccc(-c3cc(-c4ccccc4)cc4c3c3ccccc3n4-c3ccc(-c4nc(-c5ccccc5)nc(-c5ccccc5)n4)cc3)c2)cc1. The fraction of sp³-hybridized carbons (Fsp3) is 0. The summed E-state index contributed by atoms with van der Waals surface area (Å²) in [5.74, 6) is 1.93. The van der Waals surface area contributed by atoms with Crippen molar-refractivity contribution in [2.24, 2.45) is 0 Å². The van der Waals surface area contributed by atoms with Crippen LogP contribution >= 0.6 is 0 Å². The first-order chi connectivity index (χ1) is 27.3. The third kappa shape index (κ3) is 6.06. The minimum Gasteiger partial charge on any atom is -0.309 e. The molecule has 4 heteroatoms. The standard InChI is InChI=1S/C51H34N4/c1-5-16-35(17-6-1)40-24-15-25-41(32-40)45-33-42(36-18-7-2-8-19-36)34-47-48(45)44-26-13-14-27-46(44)55(47)43-30-28-39(29-31-43)51-53-49(37-20-9-3-10-21-37)52-50(54-51)38-22-11-4-12-23-38/h1-34H. The van der Waals surface area contributed by atoms with Crippen LogP contribution in [-0.4, -0.2) is 19.5 Å². The largest absolute Gasteiger partial charge is 0.309 e. The molecule has 0 aliphatic rings. The van der Waals surface area contributed by atoms with Crippen LogP contribution in [0.4, 0.5) is 0 Å². The van der Waals surface area contributed by atoms with Gasteiger partial charge >= 0.3 is 0 Å². The highest BCUT2D eigenvalue weighted by atomic mass is 15.0. The minimum atomic E-state index is 0.633. The second-order valence-electron chi connectivity index (χ2n) is 13.7. The van der Waals surface area contributed by atoms with Crippen LogP contribution in [0.1, 0.15) is 0 Å². The van der Waals surface area contributed by atoms with Gasteiger partial charge in [0.1, 0.15) is 0 Å². The van der Waals surface area contributed by atoms with E-state index < -0.39 is 0 Å². The molecule has 0 unspecified atom stereocenters. The van der Waals surface area contributed by atoms with Crippen LogP contribution in [0.2, 0.25) is 0 Å². The van der Waals surface area contributed by atoms with Crippen LogP contribution in [0, 0.1) is 0 Å². The fourth-order valence-corrected chi connectivity index (χ4v) is 7.59. The van der Waals surface area contributed by atoms with Crippen molar-refractivity contribution in [3.05, 3.63) is 206 Å². The van der Waals surface area contributed by atoms with Crippen molar-refractivity contribution in [1.82, 2.24) is 19.5 Å². The Morgan fingerprint density at radius 3 is 1.33 bits per heavy atom. The number of hydrogen-bond acceptors (Lipinski definition) is 3. The highest BCUT2D eigenvalue weighted by Gasteiger charge is 2.19. The highest BCUT2D eigenvalue weighted by molar-refractivity contribution is 6.17. The van der Waals surface area contributed by atoms with Crippen molar-refractivity contribution in [3.8, 4) is 73.2 Å². The summed E-state index contributed by atoms with van der Waals surface area (Å²) in [7, 11) is 0. The van der Waals surface area contributed by atoms with Gasteiger partial charge in [0.25, 0.3) is 0 Å². The Balaban J connectivity index is 1.16. The van der Waals surface area contributed by atoms with Crippen molar-refractivity contribution < 1.29 is 0 Å². The van der Waals surface area contributed by atoms with E-state index in [9.17, 15) is 0 Å². The van der Waals surface area contributed by atoms with E-state index in [0.717, 1.165) is 33.4 Å². The van der Waals surface area contributed by atoms with Gasteiger partial charge in [-0.25, -0.2) is 15.0 Å². The zero-order chi connectivity index (χ0) is 36.6. The number of benzene rings is 8. The summed E-state index contributed by atoms with van der Waals surface area (Å²) < 4.78 is 2.39. The van der Waals surface area contributed by atoms with Crippen molar-refractivity contribution in [1.29, 1.82) is 0 Å². The number of para-hydroxylation sites is 1. The summed E-state index contributed by atoms with van der Waals surface area (Å²) in [6.07, 6.45) is 0. The number of nitrogens with zero attached hydrogens (tertiary/aromatic N) is 4. The van der Waals surface area contributed by atoms with E-state index in [2.05, 4.69) is 150 Å². The van der Waals surface area contributed by atoms with Gasteiger partial charge < -0.3 is 4.57 Å². The van der Waals surface area contributed by atoms with E-state index >= 15 is 0 Å². The van der Waals surface area contributed by atoms with Gasteiger partial charge in [-0.1, -0.05) is 158 Å². The first-order valence-electron chi connectivity index (χ1n) is 18.5. The predicted octanol–water partition coefficient (Wildman–Crippen LogP) is 13.0. The maximum absolute atomic E-state index is 4.98. The van der Waals surface area contributed by atoms with Crippen LogP contribution in [0.5, 0.6) is 0 Å². The molecule has 2 heterocycles. The summed E-state index contributed by atoms with van der Waals surface area (Å²) in [6.45, 7) is 0. The van der Waals surface area contributed by atoms with E-state index in [-0.39, 0.29) is 0 Å². The summed E-state index contributed by atoms with van der Waals surface area (Å²) in [5, 5.41) is 2.43. The van der Waals surface area contributed by atoms with Crippen molar-refractivity contribution in [3.63, 3.8) is 0 Å². The molecule has 10 rings (SSSR count). The molecule has 4 nitrogen and oxygen atoms in total. The van der Waals surface area contributed by atoms with Gasteiger partial charge in [0, 0.05) is 33.2 Å². The van der Waals surface area contributed by atoms with Crippen LogP contribution in [0.3, 0.4) is 0 Å². The van der Waals surface area contributed by atoms with E-state index in [0.29, 0.717) is 17.5 Å². The predicted molar refractivity (Wildman–Crippen MR) is 227 cm³/mol. The Hall–Kier alpha value is -7.43. The second-order valence-corrected chi connectivity index (χ2v) is 13.7. The first kappa shape index (κ1) is 32.2. The highest BCUT2D eigenvalue weighted by Crippen LogP contribution is 2.42. The monoisotopic (exact) mass is 702 g/mol. The maximum Gasteiger partial charge on any atom is 0.164 e. The summed E-state index contributed by atoms with van der Waals surface area (Å²) in [6, 6.07) is 72.4. The Morgan fingerprint density at radius 2 is 0.745 bits per heavy atom. The molecule has 2 aromatic heterocycles. The Bertz CT molecular complexity index is 2880. The average Bonchev–Trinajstić information content (AvgIpc) is 3.61. The molecular formula is C51H34N4. The van der Waals surface area contributed by atoms with Crippen LogP contribution in [0.15, 0.2) is 206 Å². The normalized spacial score (nSPS) is 11.3. The zero-order valence-corrected chi connectivity index (χ0v) is 29.9. The van der Waals surface area contributed by atoms with E-state index in [1.54, 1.807) is 0 Å². The molecule has 258 valence electrons. The summed E-state index contributed by atoms with van der Waals surface area (Å²) in [5.41, 5.74) is 13.3. The second kappa shape index (κ2) is 13.8. The van der Waals surface area contributed by atoms with Gasteiger partial charge in [-0.05, 0) is 81.9 Å². The third-order valence-corrected chi connectivity index (χ3v) is 10.2. The molecule has 0 N–H and O–H groups in total. The maximum atomic E-state index is 4.98. The van der Waals surface area contributed by atoms with Gasteiger partial charge in [0.2, 0.25) is 0 Å². The number of rotatable bonds is 7. The Labute approximate surface area is 319 Å². The average molecular weight is 703 g/mol. The molecule has 0 aliphatic heterocycles. The lowest BCUT2D eigenvalue weighted by atomic mass is 9.92. The molecular weight excluding hydrogens is 669 g/mol. The van der Waals surface area contributed by atoms with E-state index in [4.69, 9.17) is 15.0 Å². The number of hydrogen-bond donors (Lipinski definition) is 0. The topological polar surface area (TPSA) is 43.6 Å². The molecule has 0 saturated carbocycles. The molecule has 8 aromatic carbocycles. The summed E-state index contributed by atoms with van der Waals surface area (Å²) in [4.78, 5) is 14.9. The van der Waals surface area contributed by atoms with Gasteiger partial charge in [0.15, 0.2) is 17.5 Å². The molecule has 0 aliphatic carbocycles. The van der Waals surface area contributed by atoms with Crippen molar-refractivity contribution in [2.45, 2.75) is 0 Å². The van der Waals surface area contributed by atoms with Gasteiger partial charge in [-0.3, -0.25) is 0 Å². The Kier molecular flexibility index (Phi) is 8.12. The number of aromatic nitrogens is 4. The van der Waals surface area contributed by atoms with Crippen LogP contribution < -0.4 is 0 Å². The molecule has 0 spiro atoms. The van der Waals surface area contributed by atoms with Gasteiger partial charge in [0.05, 0.1) is 11.0 Å². The summed E-state index contributed by atoms with van der Waals surface area (Å²) >= 11 is 0. The molecule has 10 aromatic rings. The molecule has 0 bridgehead atoms. The molecule has 0 amide bonds. The third-order valence-electron chi connectivity index (χ3n) is 10.2. The lowest BCUT2D eigenvalue weighted by Crippen LogP contribution is -2.00. The number of fused-ring (bicyclic) bond motifs is 3. The molecule has 0 fully saturated rings.